The molecule has 0 radical (unpaired) electrons. The number of rotatable bonds is 7. The van der Waals surface area contributed by atoms with Crippen LogP contribution in [0.15, 0.2) is 0 Å². The zero-order valence-corrected chi connectivity index (χ0v) is 14.5. The third-order valence-electron chi connectivity index (χ3n) is 4.44. The van der Waals surface area contributed by atoms with Gasteiger partial charge in [0.15, 0.2) is 0 Å². The molecule has 1 fully saturated rings. The molecular formula is C17H33NO3. The first-order valence-corrected chi connectivity index (χ1v) is 8.33. The van der Waals surface area contributed by atoms with E-state index in [0.29, 0.717) is 19.1 Å². The summed E-state index contributed by atoms with van der Waals surface area (Å²) in [5.74, 6) is -0.167. The van der Waals surface area contributed by atoms with E-state index in [1.165, 1.54) is 25.7 Å². The molecule has 1 saturated carbocycles. The van der Waals surface area contributed by atoms with Crippen LogP contribution in [0.4, 0.5) is 0 Å². The van der Waals surface area contributed by atoms with E-state index < -0.39 is 5.54 Å². The van der Waals surface area contributed by atoms with Gasteiger partial charge in [0.25, 0.3) is 0 Å². The number of ether oxygens (including phenoxy) is 2. The Hall–Kier alpha value is -0.610. The molecule has 0 bridgehead atoms. The predicted molar refractivity (Wildman–Crippen MR) is 85.4 cm³/mol. The van der Waals surface area contributed by atoms with Crippen molar-refractivity contribution in [3.63, 3.8) is 0 Å². The number of hydrogen-bond donors (Lipinski definition) is 1. The molecule has 4 heteroatoms. The molecule has 0 saturated heterocycles. The van der Waals surface area contributed by atoms with Gasteiger partial charge in [0.1, 0.15) is 5.54 Å². The molecule has 1 atom stereocenters. The zero-order chi connectivity index (χ0) is 15.9. The summed E-state index contributed by atoms with van der Waals surface area (Å²) in [6.45, 7) is 8.24. The fraction of sp³-hybridized carbons (Fsp3) is 0.941. The van der Waals surface area contributed by atoms with E-state index in [2.05, 4.69) is 5.32 Å². The molecule has 1 unspecified atom stereocenters. The second kappa shape index (κ2) is 8.14. The Labute approximate surface area is 130 Å². The van der Waals surface area contributed by atoms with Crippen LogP contribution in [0.2, 0.25) is 0 Å². The normalized spacial score (nSPS) is 20.6. The van der Waals surface area contributed by atoms with Crippen molar-refractivity contribution >= 4 is 5.97 Å². The average Bonchev–Trinajstić information content (AvgIpc) is 2.67. The van der Waals surface area contributed by atoms with Gasteiger partial charge >= 0.3 is 5.97 Å². The van der Waals surface area contributed by atoms with Crippen LogP contribution in [0.1, 0.15) is 72.6 Å². The minimum absolute atomic E-state index is 0.167. The van der Waals surface area contributed by atoms with Crippen LogP contribution < -0.4 is 5.32 Å². The van der Waals surface area contributed by atoms with Crippen LogP contribution >= 0.6 is 0 Å². The van der Waals surface area contributed by atoms with E-state index in [1.807, 2.05) is 27.7 Å². The topological polar surface area (TPSA) is 47.6 Å². The Balaban J connectivity index is 2.81. The van der Waals surface area contributed by atoms with Gasteiger partial charge in [0.05, 0.1) is 12.2 Å². The molecule has 0 aromatic carbocycles. The first kappa shape index (κ1) is 18.4. The van der Waals surface area contributed by atoms with Crippen molar-refractivity contribution in [2.24, 2.45) is 0 Å². The summed E-state index contributed by atoms with van der Waals surface area (Å²) >= 11 is 0. The Kier molecular flexibility index (Phi) is 7.14. The number of hydrogen-bond acceptors (Lipinski definition) is 4. The average molecular weight is 299 g/mol. The van der Waals surface area contributed by atoms with Gasteiger partial charge in [-0.2, -0.15) is 0 Å². The lowest BCUT2D eigenvalue weighted by atomic mass is 9.86. The summed E-state index contributed by atoms with van der Waals surface area (Å²) in [5, 5.41) is 3.59. The third-order valence-corrected chi connectivity index (χ3v) is 4.44. The fourth-order valence-corrected chi connectivity index (χ4v) is 3.27. The zero-order valence-electron chi connectivity index (χ0n) is 14.5. The molecule has 124 valence electrons. The minimum atomic E-state index is -0.690. The second-order valence-corrected chi connectivity index (χ2v) is 7.03. The van der Waals surface area contributed by atoms with Gasteiger partial charge in [-0.25, -0.2) is 0 Å². The van der Waals surface area contributed by atoms with Crippen molar-refractivity contribution in [3.8, 4) is 0 Å². The number of methoxy groups -OCH3 is 1. The monoisotopic (exact) mass is 299 g/mol. The molecular weight excluding hydrogens is 266 g/mol. The Morgan fingerprint density at radius 2 is 1.71 bits per heavy atom. The van der Waals surface area contributed by atoms with E-state index in [9.17, 15) is 4.79 Å². The summed E-state index contributed by atoms with van der Waals surface area (Å²) in [4.78, 5) is 12.5. The quantitative estimate of drug-likeness (QED) is 0.578. The molecule has 0 heterocycles. The highest BCUT2D eigenvalue weighted by atomic mass is 16.5. The van der Waals surface area contributed by atoms with Gasteiger partial charge in [-0.15, -0.1) is 0 Å². The smallest absolute Gasteiger partial charge is 0.326 e. The molecule has 1 aliphatic carbocycles. The highest BCUT2D eigenvalue weighted by molar-refractivity contribution is 5.80. The van der Waals surface area contributed by atoms with E-state index in [1.54, 1.807) is 7.11 Å². The molecule has 21 heavy (non-hydrogen) atoms. The lowest BCUT2D eigenvalue weighted by Crippen LogP contribution is -2.57. The maximum atomic E-state index is 12.5. The number of esters is 1. The van der Waals surface area contributed by atoms with E-state index in [4.69, 9.17) is 9.47 Å². The summed E-state index contributed by atoms with van der Waals surface area (Å²) in [7, 11) is 1.69. The van der Waals surface area contributed by atoms with Crippen LogP contribution in [0.3, 0.4) is 0 Å². The molecule has 1 rings (SSSR count). The maximum Gasteiger partial charge on any atom is 0.326 e. The molecule has 1 N–H and O–H groups in total. The summed E-state index contributed by atoms with van der Waals surface area (Å²) < 4.78 is 10.8. The molecule has 0 aromatic rings. The van der Waals surface area contributed by atoms with Crippen molar-refractivity contribution in [3.05, 3.63) is 0 Å². The fourth-order valence-electron chi connectivity index (χ4n) is 3.27. The van der Waals surface area contributed by atoms with Crippen molar-refractivity contribution in [2.75, 3.05) is 13.7 Å². The van der Waals surface area contributed by atoms with Crippen LogP contribution in [-0.4, -0.2) is 36.9 Å². The number of nitrogens with one attached hydrogen (secondary N) is 1. The van der Waals surface area contributed by atoms with E-state index in [-0.39, 0.29) is 11.6 Å². The lowest BCUT2D eigenvalue weighted by Gasteiger charge is -2.38. The SMILES string of the molecule is CCOC(=O)C(C)(CC(C)(C)OC)NC1CCCCCC1. The Bertz CT molecular complexity index is 322. The van der Waals surface area contributed by atoms with Crippen LogP contribution in [0.5, 0.6) is 0 Å². The van der Waals surface area contributed by atoms with Crippen LogP contribution in [-0.2, 0) is 14.3 Å². The van der Waals surface area contributed by atoms with Gasteiger partial charge in [0, 0.05) is 19.6 Å². The van der Waals surface area contributed by atoms with Crippen molar-refractivity contribution in [1.82, 2.24) is 5.32 Å². The van der Waals surface area contributed by atoms with Gasteiger partial charge in [-0.3, -0.25) is 10.1 Å². The van der Waals surface area contributed by atoms with Crippen molar-refractivity contribution < 1.29 is 14.3 Å². The predicted octanol–water partition coefficient (Wildman–Crippen LogP) is 3.44. The largest absolute Gasteiger partial charge is 0.465 e. The lowest BCUT2D eigenvalue weighted by molar-refractivity contribution is -0.154. The van der Waals surface area contributed by atoms with E-state index >= 15 is 0 Å². The number of carbonyl (C=O) groups is 1. The Morgan fingerprint density at radius 1 is 1.14 bits per heavy atom. The summed E-state index contributed by atoms with van der Waals surface area (Å²) in [6.07, 6.45) is 7.97. The molecule has 0 aromatic heterocycles. The number of carbonyl (C=O) groups excluding carboxylic acids is 1. The van der Waals surface area contributed by atoms with Gasteiger partial charge in [-0.05, 0) is 40.5 Å². The molecule has 0 amide bonds. The van der Waals surface area contributed by atoms with E-state index in [0.717, 1.165) is 12.8 Å². The van der Waals surface area contributed by atoms with Gasteiger partial charge in [-0.1, -0.05) is 25.7 Å². The third kappa shape index (κ3) is 5.95. The molecule has 0 aliphatic heterocycles. The summed E-state index contributed by atoms with van der Waals surface area (Å²) in [6, 6.07) is 0.398. The minimum Gasteiger partial charge on any atom is -0.465 e. The Morgan fingerprint density at radius 3 is 2.19 bits per heavy atom. The molecule has 0 spiro atoms. The molecule has 1 aliphatic rings. The first-order valence-electron chi connectivity index (χ1n) is 8.33. The van der Waals surface area contributed by atoms with Crippen LogP contribution in [0.25, 0.3) is 0 Å². The summed E-state index contributed by atoms with van der Waals surface area (Å²) in [5.41, 5.74) is -1.05. The standard InChI is InChI=1S/C17H33NO3/c1-6-21-15(19)17(4,13-16(2,3)20-5)18-14-11-9-7-8-10-12-14/h14,18H,6-13H2,1-5H3. The van der Waals surface area contributed by atoms with Crippen LogP contribution in [0, 0.1) is 0 Å². The van der Waals surface area contributed by atoms with Crippen molar-refractivity contribution in [1.29, 1.82) is 0 Å². The van der Waals surface area contributed by atoms with Gasteiger partial charge in [0.2, 0.25) is 0 Å². The highest BCUT2D eigenvalue weighted by Gasteiger charge is 2.41. The molecule has 4 nitrogen and oxygen atoms in total. The first-order chi connectivity index (χ1) is 9.83. The second-order valence-electron chi connectivity index (χ2n) is 7.03. The highest BCUT2D eigenvalue weighted by Crippen LogP contribution is 2.27. The maximum absolute atomic E-state index is 12.5. The van der Waals surface area contributed by atoms with Crippen molar-refractivity contribution in [2.45, 2.75) is 89.8 Å². The van der Waals surface area contributed by atoms with Gasteiger partial charge < -0.3 is 9.47 Å².